The molecule has 1 unspecified atom stereocenters. The van der Waals surface area contributed by atoms with E-state index in [1.54, 1.807) is 26.2 Å². The van der Waals surface area contributed by atoms with Crippen LogP contribution in [0.15, 0.2) is 12.1 Å². The third kappa shape index (κ3) is 3.29. The topological polar surface area (TPSA) is 81.7 Å². The Morgan fingerprint density at radius 1 is 1.29 bits per heavy atom. The Balaban J connectivity index is 2.22. The summed E-state index contributed by atoms with van der Waals surface area (Å²) in [4.78, 5) is 12.3. The number of ether oxygens (including phenoxy) is 2. The molecule has 0 saturated carbocycles. The number of nitrogens with one attached hydrogen (secondary N) is 1. The van der Waals surface area contributed by atoms with Crippen molar-refractivity contribution in [3.8, 4) is 11.5 Å². The van der Waals surface area contributed by atoms with Crippen LogP contribution in [0.3, 0.4) is 0 Å². The molecule has 1 atom stereocenters. The van der Waals surface area contributed by atoms with Crippen LogP contribution in [-0.2, 0) is 9.84 Å². The molecule has 1 heterocycles. The van der Waals surface area contributed by atoms with Crippen LogP contribution in [0.4, 0.5) is 0 Å². The average Bonchev–Trinajstić information content (AvgIpc) is 2.77. The molecule has 0 spiro atoms. The van der Waals surface area contributed by atoms with Crippen LogP contribution in [-0.4, -0.2) is 46.1 Å². The predicted molar refractivity (Wildman–Crippen MR) is 78.8 cm³/mol. The first kappa shape index (κ1) is 15.6. The summed E-state index contributed by atoms with van der Waals surface area (Å²) in [5.74, 6) is 0.853. The quantitative estimate of drug-likeness (QED) is 0.894. The van der Waals surface area contributed by atoms with Crippen LogP contribution >= 0.6 is 0 Å². The maximum absolute atomic E-state index is 12.3. The van der Waals surface area contributed by atoms with E-state index in [9.17, 15) is 13.2 Å². The van der Waals surface area contributed by atoms with E-state index in [-0.39, 0.29) is 23.5 Å². The lowest BCUT2D eigenvalue weighted by atomic mass is 10.1. The molecule has 1 saturated heterocycles. The number of hydrogen-bond acceptors (Lipinski definition) is 5. The normalized spacial score (nSPS) is 20.0. The minimum absolute atomic E-state index is 0.00378. The molecule has 1 N–H and O–H groups in total. The highest BCUT2D eigenvalue weighted by molar-refractivity contribution is 7.91. The highest BCUT2D eigenvalue weighted by atomic mass is 32.2. The van der Waals surface area contributed by atoms with Crippen molar-refractivity contribution in [3.63, 3.8) is 0 Å². The number of amides is 1. The van der Waals surface area contributed by atoms with Crippen molar-refractivity contribution >= 4 is 15.7 Å². The first-order valence-electron chi connectivity index (χ1n) is 6.61. The molecular formula is C14H19NO5S. The number of carbonyl (C=O) groups excluding carboxylic acids is 1. The molecule has 1 fully saturated rings. The lowest BCUT2D eigenvalue weighted by Gasteiger charge is -2.16. The van der Waals surface area contributed by atoms with Crippen LogP contribution in [0.2, 0.25) is 0 Å². The van der Waals surface area contributed by atoms with Gasteiger partial charge < -0.3 is 14.8 Å². The Kier molecular flexibility index (Phi) is 4.41. The van der Waals surface area contributed by atoms with E-state index in [0.29, 0.717) is 23.5 Å². The molecule has 1 aromatic carbocycles. The molecule has 116 valence electrons. The third-order valence-electron chi connectivity index (χ3n) is 3.59. The Bertz CT molecular complexity index is 654. The summed E-state index contributed by atoms with van der Waals surface area (Å²) in [6.45, 7) is 1.80. The highest BCUT2D eigenvalue weighted by Gasteiger charge is 2.30. The van der Waals surface area contributed by atoms with E-state index in [1.807, 2.05) is 0 Å². The molecule has 1 aromatic rings. The third-order valence-corrected chi connectivity index (χ3v) is 5.36. The monoisotopic (exact) mass is 313 g/mol. The fourth-order valence-electron chi connectivity index (χ4n) is 2.51. The molecule has 0 aromatic heterocycles. The lowest BCUT2D eigenvalue weighted by molar-refractivity contribution is 0.0938. The number of rotatable bonds is 4. The van der Waals surface area contributed by atoms with E-state index in [1.165, 1.54) is 7.11 Å². The molecule has 1 aliphatic heterocycles. The molecule has 2 rings (SSSR count). The summed E-state index contributed by atoms with van der Waals surface area (Å²) < 4.78 is 33.3. The summed E-state index contributed by atoms with van der Waals surface area (Å²) in [6.07, 6.45) is 0.450. The van der Waals surface area contributed by atoms with Crippen molar-refractivity contribution in [2.75, 3.05) is 25.7 Å². The first-order valence-corrected chi connectivity index (χ1v) is 8.43. The summed E-state index contributed by atoms with van der Waals surface area (Å²) >= 11 is 0. The van der Waals surface area contributed by atoms with Crippen LogP contribution in [0.25, 0.3) is 0 Å². The molecule has 0 aliphatic carbocycles. The van der Waals surface area contributed by atoms with Gasteiger partial charge in [-0.05, 0) is 25.5 Å². The second-order valence-electron chi connectivity index (χ2n) is 5.05. The highest BCUT2D eigenvalue weighted by Crippen LogP contribution is 2.31. The smallest absolute Gasteiger partial charge is 0.255 e. The van der Waals surface area contributed by atoms with E-state index in [0.717, 1.165) is 5.56 Å². The fourth-order valence-corrected chi connectivity index (χ4v) is 4.18. The van der Waals surface area contributed by atoms with Gasteiger partial charge >= 0.3 is 0 Å². The van der Waals surface area contributed by atoms with Gasteiger partial charge in [-0.2, -0.15) is 0 Å². The van der Waals surface area contributed by atoms with Crippen LogP contribution in [0.1, 0.15) is 22.3 Å². The van der Waals surface area contributed by atoms with Crippen molar-refractivity contribution in [3.05, 3.63) is 23.3 Å². The van der Waals surface area contributed by atoms with Crippen molar-refractivity contribution in [1.82, 2.24) is 5.32 Å². The van der Waals surface area contributed by atoms with Crippen LogP contribution in [0, 0.1) is 6.92 Å². The average molecular weight is 313 g/mol. The first-order chi connectivity index (χ1) is 9.88. The Morgan fingerprint density at radius 3 is 2.52 bits per heavy atom. The van der Waals surface area contributed by atoms with Gasteiger partial charge in [0, 0.05) is 11.6 Å². The van der Waals surface area contributed by atoms with E-state index >= 15 is 0 Å². The van der Waals surface area contributed by atoms with Crippen LogP contribution in [0.5, 0.6) is 11.5 Å². The Morgan fingerprint density at radius 2 is 2.00 bits per heavy atom. The zero-order valence-corrected chi connectivity index (χ0v) is 13.1. The minimum Gasteiger partial charge on any atom is -0.496 e. The second kappa shape index (κ2) is 5.93. The van der Waals surface area contributed by atoms with Gasteiger partial charge in [-0.25, -0.2) is 8.42 Å². The Hall–Kier alpha value is -1.76. The molecule has 6 nitrogen and oxygen atoms in total. The van der Waals surface area contributed by atoms with Gasteiger partial charge in [0.1, 0.15) is 11.5 Å². The van der Waals surface area contributed by atoms with Crippen LogP contribution < -0.4 is 14.8 Å². The number of benzene rings is 1. The molecule has 7 heteroatoms. The van der Waals surface area contributed by atoms with Gasteiger partial charge in [0.2, 0.25) is 0 Å². The van der Waals surface area contributed by atoms with Gasteiger partial charge in [-0.15, -0.1) is 0 Å². The maximum Gasteiger partial charge on any atom is 0.255 e. The maximum atomic E-state index is 12.3. The van der Waals surface area contributed by atoms with Crippen molar-refractivity contribution in [1.29, 1.82) is 0 Å². The molecule has 0 bridgehead atoms. The molecule has 1 amide bonds. The standard InChI is InChI=1S/C14H19NO5S/c1-9-12(19-2)5-4-11(13(9)20-3)14(16)15-10-6-7-21(17,18)8-10/h4-5,10H,6-8H2,1-3H3,(H,15,16). The number of carbonyl (C=O) groups is 1. The van der Waals surface area contributed by atoms with Gasteiger partial charge in [0.05, 0.1) is 31.3 Å². The zero-order valence-electron chi connectivity index (χ0n) is 12.3. The minimum atomic E-state index is -3.02. The summed E-state index contributed by atoms with van der Waals surface area (Å²) in [5, 5.41) is 2.75. The second-order valence-corrected chi connectivity index (χ2v) is 7.28. The molecule has 0 radical (unpaired) electrons. The summed E-state index contributed by atoms with van der Waals surface area (Å²) in [6, 6.07) is 2.97. The molecule has 1 aliphatic rings. The Labute approximate surface area is 124 Å². The summed E-state index contributed by atoms with van der Waals surface area (Å²) in [7, 11) is 0.00747. The van der Waals surface area contributed by atoms with Gasteiger partial charge in [-0.3, -0.25) is 4.79 Å². The molecular weight excluding hydrogens is 294 g/mol. The van der Waals surface area contributed by atoms with E-state index in [4.69, 9.17) is 9.47 Å². The number of methoxy groups -OCH3 is 2. The van der Waals surface area contributed by atoms with Crippen molar-refractivity contribution < 1.29 is 22.7 Å². The lowest BCUT2D eigenvalue weighted by Crippen LogP contribution is -2.35. The zero-order chi connectivity index (χ0) is 15.6. The predicted octanol–water partition coefficient (Wildman–Crippen LogP) is 0.929. The van der Waals surface area contributed by atoms with Gasteiger partial charge in [-0.1, -0.05) is 0 Å². The van der Waals surface area contributed by atoms with Crippen molar-refractivity contribution in [2.45, 2.75) is 19.4 Å². The van der Waals surface area contributed by atoms with Crippen molar-refractivity contribution in [2.24, 2.45) is 0 Å². The molecule has 21 heavy (non-hydrogen) atoms. The van der Waals surface area contributed by atoms with Gasteiger partial charge in [0.25, 0.3) is 5.91 Å². The largest absolute Gasteiger partial charge is 0.496 e. The number of sulfone groups is 1. The fraction of sp³-hybridized carbons (Fsp3) is 0.500. The number of hydrogen-bond donors (Lipinski definition) is 1. The van der Waals surface area contributed by atoms with E-state index in [2.05, 4.69) is 5.32 Å². The SMILES string of the molecule is COc1ccc(C(=O)NC2CCS(=O)(=O)C2)c(OC)c1C. The summed E-state index contributed by atoms with van der Waals surface area (Å²) in [5.41, 5.74) is 1.10. The van der Waals surface area contributed by atoms with E-state index < -0.39 is 9.84 Å². The van der Waals surface area contributed by atoms with Gasteiger partial charge in [0.15, 0.2) is 9.84 Å².